The molecule has 53 heavy (non-hydrogen) atoms. The maximum Gasteiger partial charge on any atom is 0.421 e. The van der Waals surface area contributed by atoms with Crippen LogP contribution >= 0.6 is 0 Å². The van der Waals surface area contributed by atoms with Crippen molar-refractivity contribution in [3.8, 4) is 16.8 Å². The number of nitrogens with zero attached hydrogens (tertiary/aromatic N) is 3. The minimum atomic E-state index is -4.90. The standard InChI is InChI=1S/C36H41F4N5O7S/c1-6-8-13-31-42-45(29-21-25(16-17-27(29)36(38,39)40)41-32(46)18-19-51-7-2)34(48)44(31)22-24-15-14-23(20-28(24)37)26-11-9-10-12-30(26)53(49,50)43-33(47)52-35(3,4)5/h9-12,14-17,20-21H,6-8,13,18-19,22H2,1-5H3,(H,41,46)(H,43,47). The average Bonchev–Trinajstić information content (AvgIpc) is 3.37. The molecule has 1 heterocycles. The number of carbonyl (C=O) groups is 2. The van der Waals surface area contributed by atoms with Gasteiger partial charge >= 0.3 is 18.0 Å². The van der Waals surface area contributed by atoms with E-state index >= 15 is 4.39 Å². The zero-order chi connectivity index (χ0) is 39.1. The molecule has 0 unspecified atom stereocenters. The molecule has 2 amide bonds. The predicted octanol–water partition coefficient (Wildman–Crippen LogP) is 6.83. The second kappa shape index (κ2) is 16.8. The maximum atomic E-state index is 15.8. The Bertz CT molecular complexity index is 2120. The van der Waals surface area contributed by atoms with Gasteiger partial charge in [0.1, 0.15) is 17.2 Å². The van der Waals surface area contributed by atoms with Gasteiger partial charge in [-0.15, -0.1) is 5.10 Å². The monoisotopic (exact) mass is 763 g/mol. The number of carbonyl (C=O) groups excluding carboxylic acids is 2. The molecular weight excluding hydrogens is 722 g/mol. The van der Waals surface area contributed by atoms with Crippen LogP contribution in [0, 0.1) is 5.82 Å². The summed E-state index contributed by atoms with van der Waals surface area (Å²) in [5, 5.41) is 6.76. The molecule has 1 aromatic heterocycles. The molecule has 0 aliphatic heterocycles. The average molecular weight is 764 g/mol. The quantitative estimate of drug-likeness (QED) is 0.105. The Kier molecular flexibility index (Phi) is 12.9. The molecule has 0 aliphatic carbocycles. The van der Waals surface area contributed by atoms with E-state index in [2.05, 4.69) is 10.4 Å². The van der Waals surface area contributed by atoms with Crippen LogP contribution < -0.4 is 15.7 Å². The lowest BCUT2D eigenvalue weighted by molar-refractivity contribution is -0.137. The van der Waals surface area contributed by atoms with Gasteiger partial charge in [0, 0.05) is 29.8 Å². The van der Waals surface area contributed by atoms with Crippen LogP contribution in [-0.4, -0.2) is 53.6 Å². The Balaban J connectivity index is 1.72. The predicted molar refractivity (Wildman–Crippen MR) is 189 cm³/mol. The number of nitrogens with one attached hydrogen (secondary N) is 2. The first kappa shape index (κ1) is 40.7. The lowest BCUT2D eigenvalue weighted by Gasteiger charge is -2.20. The van der Waals surface area contributed by atoms with Crippen molar-refractivity contribution in [3.63, 3.8) is 0 Å². The Morgan fingerprint density at radius 2 is 1.70 bits per heavy atom. The van der Waals surface area contributed by atoms with Gasteiger partial charge in [-0.05, 0) is 70.0 Å². The van der Waals surface area contributed by atoms with Crippen LogP contribution in [0.15, 0.2) is 70.4 Å². The van der Waals surface area contributed by atoms with Gasteiger partial charge < -0.3 is 14.8 Å². The highest BCUT2D eigenvalue weighted by atomic mass is 32.2. The third-order valence-corrected chi connectivity index (χ3v) is 9.04. The van der Waals surface area contributed by atoms with Crippen LogP contribution in [0.3, 0.4) is 0 Å². The fourth-order valence-electron chi connectivity index (χ4n) is 5.25. The highest BCUT2D eigenvalue weighted by molar-refractivity contribution is 7.90. The van der Waals surface area contributed by atoms with Crippen LogP contribution in [0.1, 0.15) is 70.8 Å². The van der Waals surface area contributed by atoms with Gasteiger partial charge in [-0.1, -0.05) is 43.7 Å². The fourth-order valence-corrected chi connectivity index (χ4v) is 6.35. The Morgan fingerprint density at radius 3 is 2.34 bits per heavy atom. The second-order valence-electron chi connectivity index (χ2n) is 12.9. The van der Waals surface area contributed by atoms with Gasteiger partial charge in [-0.25, -0.2) is 27.1 Å². The van der Waals surface area contributed by atoms with E-state index in [-0.39, 0.29) is 52.5 Å². The van der Waals surface area contributed by atoms with Crippen molar-refractivity contribution in [3.05, 3.63) is 93.9 Å². The number of aromatic nitrogens is 3. The van der Waals surface area contributed by atoms with Crippen molar-refractivity contribution < 1.29 is 45.0 Å². The molecule has 3 aromatic carbocycles. The number of rotatable bonds is 14. The number of ether oxygens (including phenoxy) is 2. The van der Waals surface area contributed by atoms with Crippen molar-refractivity contribution in [2.45, 2.75) is 83.5 Å². The smallest absolute Gasteiger partial charge is 0.421 e. The summed E-state index contributed by atoms with van der Waals surface area (Å²) in [5.74, 6) is -1.25. The van der Waals surface area contributed by atoms with Crippen molar-refractivity contribution in [1.29, 1.82) is 0 Å². The van der Waals surface area contributed by atoms with Crippen molar-refractivity contribution >= 4 is 27.7 Å². The van der Waals surface area contributed by atoms with E-state index in [1.54, 1.807) is 27.7 Å². The summed E-state index contributed by atoms with van der Waals surface area (Å²) in [5.41, 5.74) is -3.61. The van der Waals surface area contributed by atoms with E-state index in [4.69, 9.17) is 9.47 Å². The Labute approximate surface area is 304 Å². The summed E-state index contributed by atoms with van der Waals surface area (Å²) in [6.45, 7) is 8.39. The molecular formula is C36H41F4N5O7S. The normalized spacial score (nSPS) is 12.1. The molecule has 0 fully saturated rings. The molecule has 0 aliphatic rings. The van der Waals surface area contributed by atoms with E-state index in [0.717, 1.165) is 28.8 Å². The molecule has 0 saturated heterocycles. The van der Waals surface area contributed by atoms with Crippen LogP contribution in [0.25, 0.3) is 16.8 Å². The number of hydrogen-bond acceptors (Lipinski definition) is 8. The largest absolute Gasteiger partial charge is 0.443 e. The van der Waals surface area contributed by atoms with Crippen molar-refractivity contribution in [2.24, 2.45) is 0 Å². The van der Waals surface area contributed by atoms with Crippen molar-refractivity contribution in [2.75, 3.05) is 18.5 Å². The molecule has 0 saturated carbocycles. The summed E-state index contributed by atoms with van der Waals surface area (Å²) < 4.78 is 98.5. The minimum absolute atomic E-state index is 0.00344. The van der Waals surface area contributed by atoms with Gasteiger partial charge in [0.15, 0.2) is 0 Å². The SMILES string of the molecule is CCCCc1nn(-c2cc(NC(=O)CCOCC)ccc2C(F)(F)F)c(=O)n1Cc1ccc(-c2ccccc2S(=O)(=O)NC(=O)OC(C)(C)C)cc1F. The molecule has 286 valence electrons. The number of alkyl halides is 3. The number of halogens is 4. The summed E-state index contributed by atoms with van der Waals surface area (Å²) in [7, 11) is -4.47. The molecule has 0 bridgehead atoms. The van der Waals surface area contributed by atoms with E-state index in [9.17, 15) is 36.0 Å². The molecule has 17 heteroatoms. The second-order valence-corrected chi connectivity index (χ2v) is 14.6. The van der Waals surface area contributed by atoms with Crippen LogP contribution in [-0.2, 0) is 43.4 Å². The zero-order valence-electron chi connectivity index (χ0n) is 29.8. The highest BCUT2D eigenvalue weighted by Gasteiger charge is 2.35. The summed E-state index contributed by atoms with van der Waals surface area (Å²) in [6.07, 6.45) is -4.78. The Hall–Kier alpha value is -5.03. The molecule has 0 atom stereocenters. The highest BCUT2D eigenvalue weighted by Crippen LogP contribution is 2.35. The first-order valence-electron chi connectivity index (χ1n) is 16.8. The molecule has 4 rings (SSSR count). The van der Waals surface area contributed by atoms with E-state index in [1.165, 1.54) is 36.4 Å². The molecule has 2 N–H and O–H groups in total. The Morgan fingerprint density at radius 1 is 0.981 bits per heavy atom. The number of benzene rings is 3. The fraction of sp³-hybridized carbons (Fsp3) is 0.389. The minimum Gasteiger partial charge on any atom is -0.443 e. The van der Waals surface area contributed by atoms with Gasteiger partial charge in [-0.2, -0.15) is 17.9 Å². The van der Waals surface area contributed by atoms with E-state index in [1.807, 2.05) is 11.6 Å². The third-order valence-electron chi connectivity index (χ3n) is 7.67. The van der Waals surface area contributed by atoms with E-state index in [0.29, 0.717) is 24.1 Å². The summed E-state index contributed by atoms with van der Waals surface area (Å²) in [4.78, 5) is 38.1. The number of unbranched alkanes of at least 4 members (excludes halogenated alkanes) is 1. The van der Waals surface area contributed by atoms with Gasteiger partial charge in [0.05, 0.1) is 35.7 Å². The molecule has 12 nitrogen and oxygen atoms in total. The van der Waals surface area contributed by atoms with Gasteiger partial charge in [0.2, 0.25) is 5.91 Å². The zero-order valence-corrected chi connectivity index (χ0v) is 30.7. The lowest BCUT2D eigenvalue weighted by atomic mass is 10.0. The lowest BCUT2D eigenvalue weighted by Crippen LogP contribution is -2.36. The first-order valence-corrected chi connectivity index (χ1v) is 18.2. The number of amides is 2. The summed E-state index contributed by atoms with van der Waals surface area (Å²) in [6, 6.07) is 12.2. The summed E-state index contributed by atoms with van der Waals surface area (Å²) >= 11 is 0. The number of hydrogen-bond donors (Lipinski definition) is 2. The number of aryl methyl sites for hydroxylation is 1. The van der Waals surface area contributed by atoms with Crippen LogP contribution in [0.5, 0.6) is 0 Å². The molecule has 0 radical (unpaired) electrons. The number of anilines is 1. The topological polar surface area (TPSA) is 151 Å². The molecule has 4 aromatic rings. The third kappa shape index (κ3) is 10.5. The first-order chi connectivity index (χ1) is 24.8. The van der Waals surface area contributed by atoms with Gasteiger partial charge in [0.25, 0.3) is 10.0 Å². The van der Waals surface area contributed by atoms with Crippen molar-refractivity contribution in [1.82, 2.24) is 19.1 Å². The molecule has 0 spiro atoms. The number of sulfonamides is 1. The maximum absolute atomic E-state index is 15.8. The van der Waals surface area contributed by atoms with Crippen LogP contribution in [0.4, 0.5) is 28.0 Å². The van der Waals surface area contributed by atoms with Gasteiger partial charge in [-0.3, -0.25) is 9.36 Å². The van der Waals surface area contributed by atoms with Crippen LogP contribution in [0.2, 0.25) is 0 Å². The van der Waals surface area contributed by atoms with E-state index < -0.39 is 63.1 Å².